The topological polar surface area (TPSA) is 114 Å². The zero-order chi connectivity index (χ0) is 38.0. The van der Waals surface area contributed by atoms with Crippen LogP contribution in [0.3, 0.4) is 0 Å². The van der Waals surface area contributed by atoms with E-state index in [4.69, 9.17) is 19.2 Å². The van der Waals surface area contributed by atoms with E-state index >= 15 is 0 Å². The number of nitrogens with zero attached hydrogens (tertiary/aromatic N) is 4. The minimum Gasteiger partial charge on any atom is -0.496 e. The van der Waals surface area contributed by atoms with Crippen molar-refractivity contribution in [3.8, 4) is 28.0 Å². The fourth-order valence-corrected chi connectivity index (χ4v) is 7.21. The number of carbonyl (C=O) groups excluding carboxylic acids is 1. The van der Waals surface area contributed by atoms with Crippen LogP contribution in [-0.2, 0) is 28.4 Å². The lowest BCUT2D eigenvalue weighted by Gasteiger charge is -2.28. The zero-order valence-electron chi connectivity index (χ0n) is 28.5. The number of halogens is 6. The van der Waals surface area contributed by atoms with Gasteiger partial charge in [0.1, 0.15) is 11.9 Å². The van der Waals surface area contributed by atoms with Crippen molar-refractivity contribution >= 4 is 18.0 Å². The third-order valence-electron chi connectivity index (χ3n) is 9.94. The Morgan fingerprint density at radius 1 is 0.981 bits per heavy atom. The molecule has 3 saturated heterocycles. The van der Waals surface area contributed by atoms with Crippen LogP contribution in [0.4, 0.5) is 37.1 Å². The van der Waals surface area contributed by atoms with Gasteiger partial charge in [-0.2, -0.15) is 26.3 Å². The summed E-state index contributed by atoms with van der Waals surface area (Å²) in [6.45, 7) is 4.03. The lowest BCUT2D eigenvalue weighted by molar-refractivity contribution is -0.143. The van der Waals surface area contributed by atoms with Gasteiger partial charge in [-0.15, -0.1) is 0 Å². The minimum atomic E-state index is -5.09. The number of aryl methyl sites for hydroxylation is 1. The number of rotatable bonds is 8. The Balaban J connectivity index is 1.30. The number of aromatic carboxylic acids is 1. The number of ether oxygens (including phenoxy) is 3. The van der Waals surface area contributed by atoms with Crippen molar-refractivity contribution in [2.24, 2.45) is 0 Å². The van der Waals surface area contributed by atoms with E-state index in [0.717, 1.165) is 12.0 Å². The molecule has 0 aliphatic carbocycles. The number of morpholine rings is 1. The summed E-state index contributed by atoms with van der Waals surface area (Å²) in [6, 6.07) is 10.2. The molecule has 2 unspecified atom stereocenters. The van der Waals surface area contributed by atoms with E-state index in [9.17, 15) is 41.0 Å². The number of carbonyl (C=O) groups is 2. The highest BCUT2D eigenvalue weighted by Crippen LogP contribution is 2.43. The van der Waals surface area contributed by atoms with Crippen molar-refractivity contribution in [2.75, 3.05) is 25.2 Å². The molecule has 4 atom stereocenters. The number of hydrogen-bond donors (Lipinski definition) is 1. The maximum atomic E-state index is 13.7. The molecule has 53 heavy (non-hydrogen) atoms. The second kappa shape index (κ2) is 13.2. The summed E-state index contributed by atoms with van der Waals surface area (Å²) < 4.78 is 99.2. The van der Waals surface area contributed by atoms with Crippen molar-refractivity contribution < 1.29 is 55.2 Å². The van der Waals surface area contributed by atoms with Gasteiger partial charge >= 0.3 is 24.4 Å². The molecule has 3 fully saturated rings. The molecule has 3 aliphatic heterocycles. The van der Waals surface area contributed by atoms with Crippen LogP contribution in [0.2, 0.25) is 0 Å². The number of carboxylic acids is 1. The number of fused-ring (bicyclic) bond motifs is 2. The number of methoxy groups -OCH3 is 1. The van der Waals surface area contributed by atoms with Gasteiger partial charge in [-0.05, 0) is 85.0 Å². The van der Waals surface area contributed by atoms with Crippen LogP contribution in [0.25, 0.3) is 22.3 Å². The highest BCUT2D eigenvalue weighted by Gasteiger charge is 2.44. The summed E-state index contributed by atoms with van der Waals surface area (Å²) in [7, 11) is 1.47. The van der Waals surface area contributed by atoms with Gasteiger partial charge in [-0.3, -0.25) is 4.90 Å². The van der Waals surface area contributed by atoms with Crippen LogP contribution in [-0.4, -0.2) is 70.5 Å². The first kappa shape index (κ1) is 36.0. The molecule has 0 saturated carbocycles. The van der Waals surface area contributed by atoms with Gasteiger partial charge in [0.2, 0.25) is 5.95 Å². The maximum Gasteiger partial charge on any atom is 0.416 e. The molecule has 1 aromatic heterocycles. The molecule has 7 rings (SSSR count). The number of amides is 1. The Kier molecular flexibility index (Phi) is 8.99. The third-order valence-corrected chi connectivity index (χ3v) is 9.94. The Labute approximate surface area is 298 Å². The fraction of sp³-hybridized carbons (Fsp3) is 0.351. The summed E-state index contributed by atoms with van der Waals surface area (Å²) in [4.78, 5) is 37.8. The number of carboxylic acid groups (broad SMARTS) is 1. The molecule has 0 radical (unpaired) electrons. The van der Waals surface area contributed by atoms with Gasteiger partial charge in [-0.1, -0.05) is 12.1 Å². The van der Waals surface area contributed by atoms with Crippen molar-refractivity contribution in [3.63, 3.8) is 0 Å². The summed E-state index contributed by atoms with van der Waals surface area (Å²) >= 11 is 0. The minimum absolute atomic E-state index is 0.00245. The van der Waals surface area contributed by atoms with Crippen molar-refractivity contribution in [1.82, 2.24) is 14.9 Å². The Morgan fingerprint density at radius 2 is 1.70 bits per heavy atom. The van der Waals surface area contributed by atoms with Crippen molar-refractivity contribution in [1.29, 1.82) is 0 Å². The predicted octanol–water partition coefficient (Wildman–Crippen LogP) is 7.92. The van der Waals surface area contributed by atoms with E-state index in [0.29, 0.717) is 64.9 Å². The van der Waals surface area contributed by atoms with E-state index in [-0.39, 0.29) is 30.3 Å². The quantitative estimate of drug-likeness (QED) is 0.180. The molecule has 3 aliphatic rings. The number of benzene rings is 3. The Hall–Kier alpha value is -5.38. The number of cyclic esters (lactones) is 1. The van der Waals surface area contributed by atoms with Crippen molar-refractivity contribution in [3.05, 3.63) is 94.3 Å². The predicted molar refractivity (Wildman–Crippen MR) is 177 cm³/mol. The number of anilines is 1. The second-order valence-electron chi connectivity index (χ2n) is 13.3. The Morgan fingerprint density at radius 3 is 2.28 bits per heavy atom. The summed E-state index contributed by atoms with van der Waals surface area (Å²) in [5, 5.41) is 9.45. The molecular formula is C37H32F6N4O6. The van der Waals surface area contributed by atoms with Crippen LogP contribution in [0.5, 0.6) is 5.75 Å². The monoisotopic (exact) mass is 742 g/mol. The molecule has 278 valence electrons. The summed E-state index contributed by atoms with van der Waals surface area (Å²) in [6.07, 6.45) is -10.2. The summed E-state index contributed by atoms with van der Waals surface area (Å²) in [5.41, 5.74) is 0.0504. The van der Waals surface area contributed by atoms with E-state index in [2.05, 4.69) is 4.98 Å². The lowest BCUT2D eigenvalue weighted by atomic mass is 9.94. The first-order valence-corrected chi connectivity index (χ1v) is 16.6. The van der Waals surface area contributed by atoms with Gasteiger partial charge < -0.3 is 24.2 Å². The molecule has 4 heterocycles. The van der Waals surface area contributed by atoms with Crippen LogP contribution in [0.15, 0.2) is 60.8 Å². The molecule has 1 N–H and O–H groups in total. The van der Waals surface area contributed by atoms with Crippen LogP contribution < -0.4 is 9.64 Å². The Bertz CT molecular complexity index is 2080. The smallest absolute Gasteiger partial charge is 0.416 e. The van der Waals surface area contributed by atoms with Gasteiger partial charge in [-0.25, -0.2) is 19.6 Å². The van der Waals surface area contributed by atoms with Crippen LogP contribution in [0, 0.1) is 6.92 Å². The van der Waals surface area contributed by atoms with E-state index < -0.39 is 53.3 Å². The van der Waals surface area contributed by atoms with Gasteiger partial charge in [0.25, 0.3) is 0 Å². The standard InChI is InChI=1S/C37H32F6N4O6/c1-18-8-21(33(48)49)4-6-27(18)20-5-7-31(51-3)28(11-20)29-14-44-34(47-15-26-13-25(47)17-52-26)45-30(29)16-46-19(2)32(53-35(46)50)22-9-23(36(38,39)40)12-24(10-22)37(41,42)43/h4-12,14,19,25-26,32H,13,15-17H2,1-3H3,(H,48,49)/t19-,25?,26?,32-/m0/s1. The molecule has 16 heteroatoms. The zero-order valence-corrected chi connectivity index (χ0v) is 28.5. The molecule has 1 amide bonds. The van der Waals surface area contributed by atoms with Crippen LogP contribution >= 0.6 is 0 Å². The highest BCUT2D eigenvalue weighted by molar-refractivity contribution is 5.89. The van der Waals surface area contributed by atoms with Gasteiger partial charge in [0, 0.05) is 23.9 Å². The lowest BCUT2D eigenvalue weighted by Crippen LogP contribution is -2.38. The second-order valence-corrected chi connectivity index (χ2v) is 13.3. The number of aromatic nitrogens is 2. The van der Waals surface area contributed by atoms with Crippen LogP contribution in [0.1, 0.15) is 57.8 Å². The van der Waals surface area contributed by atoms with Crippen molar-refractivity contribution in [2.45, 2.75) is 63.5 Å². The molecule has 3 aromatic carbocycles. The fourth-order valence-electron chi connectivity index (χ4n) is 7.21. The SMILES string of the molecule is COc1ccc(-c2ccc(C(=O)O)cc2C)cc1-c1cnc(N2CC3CC2CO3)nc1CN1C(=O)O[C@H](c2cc(C(F)(F)F)cc(C(F)(F)F)c2)[C@@H]1C. The average Bonchev–Trinajstić information content (AvgIpc) is 3.82. The van der Waals surface area contributed by atoms with Gasteiger partial charge in [0.15, 0.2) is 0 Å². The third kappa shape index (κ3) is 6.82. The van der Waals surface area contributed by atoms with E-state index in [1.165, 1.54) is 25.0 Å². The first-order valence-electron chi connectivity index (χ1n) is 16.6. The largest absolute Gasteiger partial charge is 0.496 e. The molecular weight excluding hydrogens is 710 g/mol. The number of hydrogen-bond acceptors (Lipinski definition) is 8. The molecule has 2 bridgehead atoms. The average molecular weight is 743 g/mol. The van der Waals surface area contributed by atoms with E-state index in [1.54, 1.807) is 37.4 Å². The molecule has 4 aromatic rings. The van der Waals surface area contributed by atoms with Gasteiger partial charge in [0.05, 0.1) is 60.8 Å². The normalized spacial score (nSPS) is 21.3. The maximum absolute atomic E-state index is 13.7. The summed E-state index contributed by atoms with van der Waals surface area (Å²) in [5.74, 6) is -0.293. The first-order chi connectivity index (χ1) is 25.0. The van der Waals surface area contributed by atoms with E-state index in [1.807, 2.05) is 11.0 Å². The molecule has 10 nitrogen and oxygen atoms in total. The molecule has 0 spiro atoms. The number of alkyl halides is 6. The highest BCUT2D eigenvalue weighted by atomic mass is 19.4.